The highest BCUT2D eigenvalue weighted by molar-refractivity contribution is 6.23. The van der Waals surface area contributed by atoms with Gasteiger partial charge in [0, 0.05) is 16.3 Å². The van der Waals surface area contributed by atoms with Crippen molar-refractivity contribution in [1.29, 1.82) is 0 Å². The lowest BCUT2D eigenvalue weighted by atomic mass is 9.84. The van der Waals surface area contributed by atoms with Crippen LogP contribution in [0.4, 0.5) is 17.1 Å². The van der Waals surface area contributed by atoms with Crippen LogP contribution in [0.25, 0.3) is 98.0 Å². The molecule has 12 rings (SSSR count). The van der Waals surface area contributed by atoms with Crippen LogP contribution in [0.2, 0.25) is 0 Å². The van der Waals surface area contributed by atoms with Gasteiger partial charge < -0.3 is 4.90 Å². The maximum Gasteiger partial charge on any atom is 0.0540 e. The van der Waals surface area contributed by atoms with E-state index in [1.54, 1.807) is 0 Å². The van der Waals surface area contributed by atoms with Crippen LogP contribution in [0.3, 0.4) is 0 Å². The van der Waals surface area contributed by atoms with Gasteiger partial charge in [-0.25, -0.2) is 0 Å². The van der Waals surface area contributed by atoms with E-state index in [2.05, 4.69) is 241 Å². The Morgan fingerprint density at radius 2 is 0.623 bits per heavy atom. The Bertz CT molecular complexity index is 3520. The average molecular weight is 774 g/mol. The number of anilines is 3. The molecule has 0 saturated carbocycles. The number of para-hydroxylation sites is 1. The molecule has 0 fully saturated rings. The molecule has 0 aliphatic carbocycles. The maximum absolute atomic E-state index is 2.52. The zero-order chi connectivity index (χ0) is 40.3. The van der Waals surface area contributed by atoms with Gasteiger partial charge in [0.2, 0.25) is 0 Å². The summed E-state index contributed by atoms with van der Waals surface area (Å²) in [5, 5.41) is 14.9. The molecule has 0 saturated heterocycles. The molecule has 0 aromatic heterocycles. The molecule has 0 aliphatic heterocycles. The molecule has 0 N–H and O–H groups in total. The Kier molecular flexibility index (Phi) is 8.25. The topological polar surface area (TPSA) is 3.24 Å². The first-order chi connectivity index (χ1) is 30.3. The van der Waals surface area contributed by atoms with Gasteiger partial charge in [0.15, 0.2) is 0 Å². The van der Waals surface area contributed by atoms with E-state index >= 15 is 0 Å². The molecule has 1 heteroatoms. The Hall–Kier alpha value is -8.00. The molecule has 284 valence electrons. The summed E-state index contributed by atoms with van der Waals surface area (Å²) in [6, 6.07) is 87.0. The summed E-state index contributed by atoms with van der Waals surface area (Å²) in [5.41, 5.74) is 10.6. The molecule has 0 unspecified atom stereocenters. The van der Waals surface area contributed by atoms with Crippen molar-refractivity contribution in [1.82, 2.24) is 0 Å². The number of rotatable bonds is 6. The summed E-state index contributed by atoms with van der Waals surface area (Å²) >= 11 is 0. The first kappa shape index (κ1) is 35.0. The minimum absolute atomic E-state index is 1.12. The fraction of sp³-hybridized carbons (Fsp3) is 0. The van der Waals surface area contributed by atoms with Gasteiger partial charge >= 0.3 is 0 Å². The smallest absolute Gasteiger partial charge is 0.0540 e. The fourth-order valence-electron chi connectivity index (χ4n) is 9.91. The van der Waals surface area contributed by atoms with E-state index in [9.17, 15) is 0 Å². The van der Waals surface area contributed by atoms with Crippen molar-refractivity contribution >= 4 is 81.7 Å². The zero-order valence-electron chi connectivity index (χ0n) is 33.5. The average Bonchev–Trinajstić information content (AvgIpc) is 3.34. The first-order valence-electron chi connectivity index (χ1n) is 21.1. The van der Waals surface area contributed by atoms with Crippen LogP contribution in [-0.4, -0.2) is 0 Å². The molecule has 0 radical (unpaired) electrons. The van der Waals surface area contributed by atoms with Crippen molar-refractivity contribution in [3.63, 3.8) is 0 Å². The van der Waals surface area contributed by atoms with Crippen LogP contribution in [0.1, 0.15) is 0 Å². The van der Waals surface area contributed by atoms with E-state index in [1.165, 1.54) is 86.9 Å². The van der Waals surface area contributed by atoms with Crippen molar-refractivity contribution < 1.29 is 0 Å². The normalized spacial score (nSPS) is 11.6. The highest BCUT2D eigenvalue weighted by Gasteiger charge is 2.23. The van der Waals surface area contributed by atoms with Crippen LogP contribution in [0.5, 0.6) is 0 Å². The monoisotopic (exact) mass is 773 g/mol. The van der Waals surface area contributed by atoms with Gasteiger partial charge in [-0.1, -0.05) is 212 Å². The van der Waals surface area contributed by atoms with E-state index in [4.69, 9.17) is 0 Å². The second kappa shape index (κ2) is 14.4. The summed E-state index contributed by atoms with van der Waals surface area (Å²) in [6.07, 6.45) is 0. The van der Waals surface area contributed by atoms with Crippen LogP contribution in [-0.2, 0) is 0 Å². The third-order valence-electron chi connectivity index (χ3n) is 12.6. The van der Waals surface area contributed by atoms with Crippen LogP contribution < -0.4 is 4.90 Å². The van der Waals surface area contributed by atoms with Crippen molar-refractivity contribution in [3.05, 3.63) is 237 Å². The summed E-state index contributed by atoms with van der Waals surface area (Å²) in [6.45, 7) is 0. The van der Waals surface area contributed by atoms with Gasteiger partial charge in [-0.3, -0.25) is 0 Å². The molecule has 12 aromatic rings. The highest BCUT2D eigenvalue weighted by Crippen LogP contribution is 2.49. The third kappa shape index (κ3) is 5.70. The molecule has 0 amide bonds. The fourth-order valence-corrected chi connectivity index (χ4v) is 9.91. The third-order valence-corrected chi connectivity index (χ3v) is 12.6. The molecule has 0 bridgehead atoms. The molecule has 1 nitrogen and oxygen atoms in total. The quantitative estimate of drug-likeness (QED) is 0.152. The Morgan fingerprint density at radius 3 is 1.23 bits per heavy atom. The predicted octanol–water partition coefficient (Wildman–Crippen LogP) is 17.1. The number of nitrogens with zero attached hydrogens (tertiary/aromatic N) is 1. The first-order valence-corrected chi connectivity index (χ1v) is 21.1. The number of fused-ring (bicyclic) bond motifs is 9. The van der Waals surface area contributed by atoms with Gasteiger partial charge in [0.25, 0.3) is 0 Å². The molecular formula is C60H39N. The molecule has 12 aromatic carbocycles. The standard InChI is InChI=1S/C60H39N/c1-3-19-42(20-4-1)59-54-27-12-11-26-50(54)51-36-35-44(39-55(51)60(59)43-21-5-2-6-22-43)47-25-13-14-30-56(47)61(57-31-15-28-48-45-23-9-7-17-40(45)33-37-52(48)57)58-32-16-29-49-46-24-10-8-18-41(46)34-38-53(49)58/h1-39H. The van der Waals surface area contributed by atoms with Crippen molar-refractivity contribution in [2.45, 2.75) is 0 Å². The minimum atomic E-state index is 1.12. The molecular weight excluding hydrogens is 735 g/mol. The van der Waals surface area contributed by atoms with E-state index in [0.717, 1.165) is 28.2 Å². The summed E-state index contributed by atoms with van der Waals surface area (Å²) in [4.78, 5) is 2.52. The summed E-state index contributed by atoms with van der Waals surface area (Å²) in [7, 11) is 0. The van der Waals surface area contributed by atoms with Gasteiger partial charge in [-0.05, 0) is 106 Å². The van der Waals surface area contributed by atoms with E-state index < -0.39 is 0 Å². The van der Waals surface area contributed by atoms with Gasteiger partial charge in [-0.15, -0.1) is 0 Å². The Labute approximate surface area is 355 Å². The van der Waals surface area contributed by atoms with Crippen molar-refractivity contribution in [2.75, 3.05) is 4.90 Å². The zero-order valence-corrected chi connectivity index (χ0v) is 33.5. The maximum atomic E-state index is 2.52. The molecule has 0 aliphatic rings. The molecule has 61 heavy (non-hydrogen) atoms. The number of benzene rings is 12. The Balaban J connectivity index is 1.17. The summed E-state index contributed by atoms with van der Waals surface area (Å²) in [5.74, 6) is 0. The van der Waals surface area contributed by atoms with E-state index in [1.807, 2.05) is 0 Å². The van der Waals surface area contributed by atoms with E-state index in [-0.39, 0.29) is 0 Å². The lowest BCUT2D eigenvalue weighted by Crippen LogP contribution is -2.12. The van der Waals surface area contributed by atoms with E-state index in [0.29, 0.717) is 0 Å². The molecule has 0 heterocycles. The highest BCUT2D eigenvalue weighted by atomic mass is 15.1. The lowest BCUT2D eigenvalue weighted by molar-refractivity contribution is 1.31. The number of hydrogen-bond donors (Lipinski definition) is 0. The number of hydrogen-bond acceptors (Lipinski definition) is 1. The SMILES string of the molecule is c1ccc(-c2c(-c3ccccc3)c3cc(-c4ccccc4N(c4cccc5c4ccc4ccccc45)c4cccc5c4ccc4ccccc45)ccc3c3ccccc23)cc1. The van der Waals surface area contributed by atoms with Gasteiger partial charge in [-0.2, -0.15) is 0 Å². The van der Waals surface area contributed by atoms with Gasteiger partial charge in [0.05, 0.1) is 17.1 Å². The second-order valence-electron chi connectivity index (χ2n) is 16.0. The van der Waals surface area contributed by atoms with Crippen LogP contribution >= 0.6 is 0 Å². The van der Waals surface area contributed by atoms with Crippen molar-refractivity contribution in [3.8, 4) is 33.4 Å². The van der Waals surface area contributed by atoms with Crippen LogP contribution in [0, 0.1) is 0 Å². The largest absolute Gasteiger partial charge is 0.309 e. The second-order valence-corrected chi connectivity index (χ2v) is 16.0. The van der Waals surface area contributed by atoms with Crippen LogP contribution in [0.15, 0.2) is 237 Å². The predicted molar refractivity (Wildman–Crippen MR) is 262 cm³/mol. The molecule has 0 spiro atoms. The minimum Gasteiger partial charge on any atom is -0.309 e. The van der Waals surface area contributed by atoms with Crippen molar-refractivity contribution in [2.24, 2.45) is 0 Å². The lowest BCUT2D eigenvalue weighted by Gasteiger charge is -2.30. The summed E-state index contributed by atoms with van der Waals surface area (Å²) < 4.78 is 0. The van der Waals surface area contributed by atoms with Gasteiger partial charge in [0.1, 0.15) is 0 Å². The Morgan fingerprint density at radius 1 is 0.213 bits per heavy atom. The molecule has 0 atom stereocenters.